The maximum absolute atomic E-state index is 14.5. The molecular formula is C32H49N5O6. The number of benzene rings is 1. The zero-order chi connectivity index (χ0) is 32.6. The summed E-state index contributed by atoms with van der Waals surface area (Å²) in [6.07, 6.45) is 2.41. The van der Waals surface area contributed by atoms with E-state index in [4.69, 9.17) is 16.2 Å². The van der Waals surface area contributed by atoms with Crippen molar-refractivity contribution in [3.63, 3.8) is 0 Å². The highest BCUT2D eigenvalue weighted by Crippen LogP contribution is 2.32. The Morgan fingerprint density at radius 3 is 2.19 bits per heavy atom. The van der Waals surface area contributed by atoms with Gasteiger partial charge in [0.1, 0.15) is 6.04 Å². The third-order valence-electron chi connectivity index (χ3n) is 8.06. The Morgan fingerprint density at radius 2 is 1.70 bits per heavy atom. The molecule has 11 nitrogen and oxygen atoms in total. The van der Waals surface area contributed by atoms with E-state index in [0.717, 1.165) is 16.0 Å². The normalized spacial score (nSPS) is 19.1. The van der Waals surface area contributed by atoms with Crippen LogP contribution in [0, 0.1) is 17.8 Å². The number of nitrogens with zero attached hydrogens (tertiary/aromatic N) is 2. The summed E-state index contributed by atoms with van der Waals surface area (Å²) in [6.45, 7) is 11.9. The van der Waals surface area contributed by atoms with Crippen LogP contribution in [0.2, 0.25) is 0 Å². The van der Waals surface area contributed by atoms with Crippen molar-refractivity contribution in [2.45, 2.75) is 91.5 Å². The number of hydrogen-bond donors (Lipinski definition) is 3. The summed E-state index contributed by atoms with van der Waals surface area (Å²) in [5.41, 5.74) is 12.5. The number of carbonyl (C=O) groups excluding carboxylic acids is 5. The molecule has 2 unspecified atom stereocenters. The number of rotatable bonds is 12. The Labute approximate surface area is 255 Å². The van der Waals surface area contributed by atoms with Gasteiger partial charge in [0.2, 0.25) is 17.7 Å². The van der Waals surface area contributed by atoms with Crippen LogP contribution in [-0.4, -0.2) is 76.8 Å². The van der Waals surface area contributed by atoms with Gasteiger partial charge in [-0.15, -0.1) is 0 Å². The van der Waals surface area contributed by atoms with Crippen LogP contribution >= 0.6 is 0 Å². The fourth-order valence-electron chi connectivity index (χ4n) is 5.37. The molecule has 5 N–H and O–H groups in total. The van der Waals surface area contributed by atoms with Crippen LogP contribution in [0.1, 0.15) is 66.9 Å². The summed E-state index contributed by atoms with van der Waals surface area (Å²) < 4.78 is 4.97. The monoisotopic (exact) mass is 599 g/mol. The number of hydrogen-bond acceptors (Lipinski definition) is 8. The van der Waals surface area contributed by atoms with E-state index in [-0.39, 0.29) is 18.9 Å². The van der Waals surface area contributed by atoms with Crippen molar-refractivity contribution in [3.05, 3.63) is 47.5 Å². The van der Waals surface area contributed by atoms with Crippen molar-refractivity contribution in [2.75, 3.05) is 13.7 Å². The zero-order valence-electron chi connectivity index (χ0n) is 26.8. The van der Waals surface area contributed by atoms with Crippen LogP contribution < -0.4 is 16.8 Å². The highest BCUT2D eigenvalue weighted by atomic mass is 16.5. The van der Waals surface area contributed by atoms with Crippen LogP contribution in [-0.2, 0) is 35.1 Å². The molecule has 0 aromatic heterocycles. The second kappa shape index (κ2) is 15.2. The first-order chi connectivity index (χ1) is 20.1. The Balaban J connectivity index is 2.67. The first-order valence-corrected chi connectivity index (χ1v) is 15.0. The van der Waals surface area contributed by atoms with Gasteiger partial charge in [-0.05, 0) is 49.7 Å². The second-order valence-electron chi connectivity index (χ2n) is 11.9. The van der Waals surface area contributed by atoms with Gasteiger partial charge in [0.25, 0.3) is 5.91 Å². The van der Waals surface area contributed by atoms with Gasteiger partial charge in [0.05, 0.1) is 19.1 Å². The fraction of sp³-hybridized carbons (Fsp3) is 0.594. The Hall–Kier alpha value is -3.57. The average molecular weight is 600 g/mol. The topological polar surface area (TPSA) is 165 Å². The van der Waals surface area contributed by atoms with Crippen LogP contribution in [0.5, 0.6) is 0 Å². The lowest BCUT2D eigenvalue weighted by Crippen LogP contribution is -2.72. The third kappa shape index (κ3) is 8.08. The molecule has 0 saturated heterocycles. The molecule has 1 aromatic rings. The summed E-state index contributed by atoms with van der Waals surface area (Å²) in [4.78, 5) is 69.8. The van der Waals surface area contributed by atoms with Crippen LogP contribution in [0.3, 0.4) is 0 Å². The average Bonchev–Trinajstić information content (AvgIpc) is 3.13. The van der Waals surface area contributed by atoms with Gasteiger partial charge in [0.15, 0.2) is 5.66 Å². The molecule has 4 amide bonds. The van der Waals surface area contributed by atoms with E-state index in [0.29, 0.717) is 12.8 Å². The molecule has 1 aromatic carbocycles. The molecule has 1 heterocycles. The van der Waals surface area contributed by atoms with E-state index in [1.165, 1.54) is 12.0 Å². The van der Waals surface area contributed by atoms with Crippen LogP contribution in [0.25, 0.3) is 0 Å². The summed E-state index contributed by atoms with van der Waals surface area (Å²) in [5.74, 6) is -4.75. The molecule has 0 radical (unpaired) electrons. The molecule has 0 saturated carbocycles. The molecule has 0 fully saturated rings. The summed E-state index contributed by atoms with van der Waals surface area (Å²) in [7, 11) is 1.19. The first-order valence-electron chi connectivity index (χ1n) is 15.0. The number of carbonyl (C=O) groups is 5. The predicted octanol–water partition coefficient (Wildman–Crippen LogP) is 2.13. The maximum atomic E-state index is 14.5. The molecule has 238 valence electrons. The van der Waals surface area contributed by atoms with Gasteiger partial charge < -0.3 is 26.4 Å². The second-order valence-corrected chi connectivity index (χ2v) is 11.9. The minimum absolute atomic E-state index is 0.0491. The lowest BCUT2D eigenvalue weighted by Gasteiger charge is -2.46. The highest BCUT2D eigenvalue weighted by Gasteiger charge is 2.53. The molecular weight excluding hydrogens is 550 g/mol. The maximum Gasteiger partial charge on any atom is 0.329 e. The molecule has 11 heteroatoms. The van der Waals surface area contributed by atoms with Crippen molar-refractivity contribution in [1.29, 1.82) is 0 Å². The van der Waals surface area contributed by atoms with Crippen molar-refractivity contribution in [3.8, 4) is 0 Å². The standard InChI is InChI=1S/C32H49N5O6/c1-9-26(38)37(27(19(2)3)30(41)43-8)31(42)32(34,20(4)5)36-16-15-24(22(7)35-28(39)21(6)33)18-25(29(36)40)17-23-13-11-10-12-14-23/h10-14,18-22,25,27H,9,15-17,33-34H2,1-8H3,(H,35,39)/t21-,22?,25?,27-,32+/m0/s1. The van der Waals surface area contributed by atoms with E-state index in [1.807, 2.05) is 43.3 Å². The Morgan fingerprint density at radius 1 is 1.09 bits per heavy atom. The number of methoxy groups -OCH3 is 1. The number of nitrogens with one attached hydrogen (secondary N) is 1. The lowest BCUT2D eigenvalue weighted by molar-refractivity contribution is -0.172. The third-order valence-corrected chi connectivity index (χ3v) is 8.06. The number of ether oxygens (including phenoxy) is 1. The molecule has 1 aliphatic heterocycles. The van der Waals surface area contributed by atoms with E-state index in [9.17, 15) is 24.0 Å². The molecule has 0 bridgehead atoms. The number of esters is 1. The van der Waals surface area contributed by atoms with E-state index < -0.39 is 65.2 Å². The van der Waals surface area contributed by atoms with Gasteiger partial charge in [-0.2, -0.15) is 0 Å². The van der Waals surface area contributed by atoms with Gasteiger partial charge in [-0.25, -0.2) is 4.79 Å². The Kier molecular flexibility index (Phi) is 12.6. The van der Waals surface area contributed by atoms with E-state index in [1.54, 1.807) is 41.5 Å². The van der Waals surface area contributed by atoms with E-state index in [2.05, 4.69) is 5.32 Å². The summed E-state index contributed by atoms with van der Waals surface area (Å²) >= 11 is 0. The number of nitrogens with two attached hydrogens (primary N) is 2. The lowest BCUT2D eigenvalue weighted by atomic mass is 9.88. The predicted molar refractivity (Wildman–Crippen MR) is 164 cm³/mol. The molecule has 43 heavy (non-hydrogen) atoms. The van der Waals surface area contributed by atoms with Crippen molar-refractivity contribution in [2.24, 2.45) is 29.2 Å². The van der Waals surface area contributed by atoms with Crippen LogP contribution in [0.15, 0.2) is 42.0 Å². The Bertz CT molecular complexity index is 1200. The number of imide groups is 1. The SMILES string of the molecule is CCC(=O)N(C(=O)[C@@](N)(C(C)C)N1CCC(C(C)NC(=O)[C@H](C)N)=CC(Cc2ccccc2)C1=O)[C@H](C(=O)OC)C(C)C. The van der Waals surface area contributed by atoms with Crippen LogP contribution in [0.4, 0.5) is 0 Å². The van der Waals surface area contributed by atoms with Gasteiger partial charge in [-0.1, -0.05) is 71.0 Å². The number of amides is 4. The highest BCUT2D eigenvalue weighted by molar-refractivity contribution is 6.04. The molecule has 0 aliphatic carbocycles. The van der Waals surface area contributed by atoms with Crippen molar-refractivity contribution in [1.82, 2.24) is 15.1 Å². The molecule has 1 aliphatic rings. The fourth-order valence-corrected chi connectivity index (χ4v) is 5.37. The zero-order valence-corrected chi connectivity index (χ0v) is 26.8. The van der Waals surface area contributed by atoms with Gasteiger partial charge >= 0.3 is 5.97 Å². The minimum Gasteiger partial charge on any atom is -0.467 e. The largest absolute Gasteiger partial charge is 0.467 e. The van der Waals surface area contributed by atoms with Gasteiger partial charge in [0, 0.05) is 19.0 Å². The summed E-state index contributed by atoms with van der Waals surface area (Å²) in [6, 6.07) is 7.08. The van der Waals surface area contributed by atoms with Crippen molar-refractivity contribution >= 4 is 29.6 Å². The first kappa shape index (κ1) is 35.6. The molecule has 0 spiro atoms. The smallest absolute Gasteiger partial charge is 0.329 e. The van der Waals surface area contributed by atoms with Gasteiger partial charge in [-0.3, -0.25) is 24.1 Å². The van der Waals surface area contributed by atoms with E-state index >= 15 is 0 Å². The molecule has 5 atom stereocenters. The molecule has 2 rings (SSSR count). The minimum atomic E-state index is -1.97. The quantitative estimate of drug-likeness (QED) is 0.243. The summed E-state index contributed by atoms with van der Waals surface area (Å²) in [5, 5.41) is 2.90. The van der Waals surface area contributed by atoms with Crippen molar-refractivity contribution < 1.29 is 28.7 Å².